The molecule has 0 atom stereocenters. The van der Waals surface area contributed by atoms with Gasteiger partial charge in [0.15, 0.2) is 0 Å². The number of anilines is 1. The van der Waals surface area contributed by atoms with Gasteiger partial charge in [-0.05, 0) is 61.0 Å². The van der Waals surface area contributed by atoms with Crippen LogP contribution in [0.3, 0.4) is 0 Å². The molecule has 1 N–H and O–H groups in total. The van der Waals surface area contributed by atoms with E-state index >= 15 is 0 Å². The van der Waals surface area contributed by atoms with Crippen molar-refractivity contribution in [3.63, 3.8) is 0 Å². The summed E-state index contributed by atoms with van der Waals surface area (Å²) in [5, 5.41) is 2.86. The Balaban J connectivity index is 1.42. The van der Waals surface area contributed by atoms with Crippen molar-refractivity contribution in [2.24, 2.45) is 0 Å². The maximum Gasteiger partial charge on any atom is 0.264 e. The zero-order valence-corrected chi connectivity index (χ0v) is 22.8. The molecule has 0 aliphatic carbocycles. The largest absolute Gasteiger partial charge is 0.457 e. The number of aryl methyl sites for hydroxylation is 1. The minimum absolute atomic E-state index is 0.117. The summed E-state index contributed by atoms with van der Waals surface area (Å²) < 4.78 is 34.0. The van der Waals surface area contributed by atoms with Crippen molar-refractivity contribution in [2.75, 3.05) is 23.1 Å². The third-order valence-corrected chi connectivity index (χ3v) is 8.46. The summed E-state index contributed by atoms with van der Waals surface area (Å²) in [6, 6.07) is 32.4. The number of amides is 1. The number of nitrogens with one attached hydrogen (secondary N) is 1. The number of thioether (sulfide) groups is 1. The molecule has 0 fully saturated rings. The first kappa shape index (κ1) is 27.3. The number of hydrogen-bond acceptors (Lipinski definition) is 5. The maximum absolute atomic E-state index is 13.5. The molecule has 1 amide bonds. The molecule has 0 bridgehead atoms. The van der Waals surface area contributed by atoms with Gasteiger partial charge >= 0.3 is 0 Å². The lowest BCUT2D eigenvalue weighted by atomic mass is 10.2. The minimum atomic E-state index is -3.97. The van der Waals surface area contributed by atoms with E-state index in [0.717, 1.165) is 15.8 Å². The first-order valence-electron chi connectivity index (χ1n) is 12.2. The highest BCUT2D eigenvalue weighted by Crippen LogP contribution is 2.28. The number of ether oxygens (including phenoxy) is 1. The van der Waals surface area contributed by atoms with E-state index in [0.29, 0.717) is 23.7 Å². The summed E-state index contributed by atoms with van der Waals surface area (Å²) in [5.74, 6) is 2.44. The molecule has 6 nitrogen and oxygen atoms in total. The molecule has 4 rings (SSSR count). The molecule has 0 aliphatic heterocycles. The van der Waals surface area contributed by atoms with Gasteiger partial charge in [-0.1, -0.05) is 66.2 Å². The van der Waals surface area contributed by atoms with E-state index in [1.807, 2.05) is 36.4 Å². The first-order valence-corrected chi connectivity index (χ1v) is 14.8. The Bertz CT molecular complexity index is 1430. The van der Waals surface area contributed by atoms with Crippen LogP contribution in [0.1, 0.15) is 11.1 Å². The zero-order valence-electron chi connectivity index (χ0n) is 21.1. The van der Waals surface area contributed by atoms with Crippen molar-refractivity contribution in [3.8, 4) is 11.5 Å². The summed E-state index contributed by atoms with van der Waals surface area (Å²) in [6.45, 7) is 2.17. The number of sulfonamides is 1. The quantitative estimate of drug-likeness (QED) is 0.220. The number of nitrogens with zero attached hydrogens (tertiary/aromatic N) is 1. The smallest absolute Gasteiger partial charge is 0.264 e. The predicted molar refractivity (Wildman–Crippen MR) is 154 cm³/mol. The molecule has 0 aromatic heterocycles. The summed E-state index contributed by atoms with van der Waals surface area (Å²) in [6.07, 6.45) is 0. The van der Waals surface area contributed by atoms with Gasteiger partial charge in [0, 0.05) is 18.1 Å². The monoisotopic (exact) mass is 546 g/mol. The Morgan fingerprint density at radius 2 is 1.50 bits per heavy atom. The van der Waals surface area contributed by atoms with Crippen molar-refractivity contribution >= 4 is 33.4 Å². The zero-order chi connectivity index (χ0) is 26.8. The van der Waals surface area contributed by atoms with Gasteiger partial charge in [0.25, 0.3) is 10.0 Å². The van der Waals surface area contributed by atoms with Crippen LogP contribution in [0.2, 0.25) is 0 Å². The van der Waals surface area contributed by atoms with Crippen LogP contribution in [0.4, 0.5) is 5.69 Å². The Morgan fingerprint density at radius 1 is 0.842 bits per heavy atom. The lowest BCUT2D eigenvalue weighted by Crippen LogP contribution is -2.41. The van der Waals surface area contributed by atoms with Gasteiger partial charge in [0.1, 0.15) is 18.0 Å². The van der Waals surface area contributed by atoms with Crippen molar-refractivity contribution in [1.29, 1.82) is 0 Å². The topological polar surface area (TPSA) is 75.7 Å². The molecule has 0 heterocycles. The normalized spacial score (nSPS) is 11.1. The van der Waals surface area contributed by atoms with E-state index in [-0.39, 0.29) is 17.3 Å². The third-order valence-electron chi connectivity index (χ3n) is 5.64. The van der Waals surface area contributed by atoms with Crippen LogP contribution >= 0.6 is 11.8 Å². The first-order chi connectivity index (χ1) is 18.4. The van der Waals surface area contributed by atoms with Crippen molar-refractivity contribution in [3.05, 3.63) is 120 Å². The van der Waals surface area contributed by atoms with Gasteiger partial charge < -0.3 is 10.1 Å². The second kappa shape index (κ2) is 13.2. The van der Waals surface area contributed by atoms with Gasteiger partial charge in [0.05, 0.1) is 10.6 Å². The number of rotatable bonds is 12. The summed E-state index contributed by atoms with van der Waals surface area (Å²) in [7, 11) is -3.97. The molecule has 0 aliphatic rings. The number of para-hydroxylation sites is 1. The van der Waals surface area contributed by atoms with E-state index in [1.54, 1.807) is 54.2 Å². The molecule has 0 unspecified atom stereocenters. The van der Waals surface area contributed by atoms with Crippen LogP contribution in [0, 0.1) is 6.92 Å². The highest BCUT2D eigenvalue weighted by atomic mass is 32.2. The van der Waals surface area contributed by atoms with Crippen molar-refractivity contribution in [1.82, 2.24) is 5.32 Å². The molecule has 0 radical (unpaired) electrons. The lowest BCUT2D eigenvalue weighted by Gasteiger charge is -2.24. The van der Waals surface area contributed by atoms with Crippen LogP contribution in [-0.2, 0) is 20.6 Å². The van der Waals surface area contributed by atoms with Crippen molar-refractivity contribution in [2.45, 2.75) is 17.6 Å². The van der Waals surface area contributed by atoms with Crippen LogP contribution < -0.4 is 14.4 Å². The van der Waals surface area contributed by atoms with Gasteiger partial charge in [-0.25, -0.2) is 8.42 Å². The second-order valence-corrected chi connectivity index (χ2v) is 11.6. The van der Waals surface area contributed by atoms with E-state index in [2.05, 4.69) is 30.4 Å². The number of carbonyl (C=O) groups excluding carboxylic acids is 1. The predicted octanol–water partition coefficient (Wildman–Crippen LogP) is 6.03. The van der Waals surface area contributed by atoms with Gasteiger partial charge in [-0.15, -0.1) is 0 Å². The number of hydrogen-bond donors (Lipinski definition) is 1. The van der Waals surface area contributed by atoms with Crippen LogP contribution in [0.5, 0.6) is 11.5 Å². The van der Waals surface area contributed by atoms with Crippen molar-refractivity contribution < 1.29 is 17.9 Å². The highest BCUT2D eigenvalue weighted by Gasteiger charge is 2.27. The molecule has 38 heavy (non-hydrogen) atoms. The van der Waals surface area contributed by atoms with Crippen LogP contribution in [0.15, 0.2) is 114 Å². The van der Waals surface area contributed by atoms with E-state index in [1.165, 1.54) is 23.3 Å². The molecule has 4 aromatic carbocycles. The van der Waals surface area contributed by atoms with Gasteiger partial charge in [-0.3, -0.25) is 9.10 Å². The standard InChI is InChI=1S/C30H30N2O4S2/c1-24-9-8-10-25(21-24)23-37-20-19-31-30(33)22-32(38(34,35)29-13-6-3-7-14-29)26-15-17-28(18-16-26)36-27-11-4-2-5-12-27/h2-18,21H,19-20,22-23H2,1H3,(H,31,33). The summed E-state index contributed by atoms with van der Waals surface area (Å²) in [5.41, 5.74) is 2.83. The Labute approximate surface area is 228 Å². The fourth-order valence-electron chi connectivity index (χ4n) is 3.78. The summed E-state index contributed by atoms with van der Waals surface area (Å²) in [4.78, 5) is 13.0. The van der Waals surface area contributed by atoms with Gasteiger partial charge in [0.2, 0.25) is 5.91 Å². The molecule has 8 heteroatoms. The fourth-order valence-corrected chi connectivity index (χ4v) is 6.03. The average molecular weight is 547 g/mol. The molecule has 0 saturated carbocycles. The molecule has 4 aromatic rings. The third kappa shape index (κ3) is 7.63. The van der Waals surface area contributed by atoms with Gasteiger partial charge in [-0.2, -0.15) is 11.8 Å². The van der Waals surface area contributed by atoms with E-state index in [9.17, 15) is 13.2 Å². The van der Waals surface area contributed by atoms with Crippen LogP contribution in [0.25, 0.3) is 0 Å². The second-order valence-electron chi connectivity index (χ2n) is 8.63. The number of carbonyl (C=O) groups is 1. The molecule has 0 saturated heterocycles. The SMILES string of the molecule is Cc1cccc(CSCCNC(=O)CN(c2ccc(Oc3ccccc3)cc2)S(=O)(=O)c2ccccc2)c1. The Kier molecular flexibility index (Phi) is 9.46. The molecular formula is C30H30N2O4S2. The Morgan fingerprint density at radius 3 is 2.18 bits per heavy atom. The van der Waals surface area contributed by atoms with E-state index in [4.69, 9.17) is 4.74 Å². The summed E-state index contributed by atoms with van der Waals surface area (Å²) >= 11 is 1.72. The fraction of sp³-hybridized carbons (Fsp3) is 0.167. The Hall–Kier alpha value is -3.75. The lowest BCUT2D eigenvalue weighted by molar-refractivity contribution is -0.119. The average Bonchev–Trinajstić information content (AvgIpc) is 2.93. The maximum atomic E-state index is 13.5. The highest BCUT2D eigenvalue weighted by molar-refractivity contribution is 7.98. The molecule has 0 spiro atoms. The molecule has 196 valence electrons. The number of benzene rings is 4. The molecular weight excluding hydrogens is 516 g/mol. The van der Waals surface area contributed by atoms with E-state index < -0.39 is 10.0 Å². The van der Waals surface area contributed by atoms with Crippen LogP contribution in [-0.4, -0.2) is 33.2 Å². The minimum Gasteiger partial charge on any atom is -0.457 e.